The van der Waals surface area contributed by atoms with Gasteiger partial charge in [0.05, 0.1) is 19.0 Å². The van der Waals surface area contributed by atoms with E-state index in [0.717, 1.165) is 12.8 Å². The third-order valence-corrected chi connectivity index (χ3v) is 4.76. The number of hydrogen-bond acceptors (Lipinski definition) is 6. The van der Waals surface area contributed by atoms with Gasteiger partial charge in [-0.05, 0) is 12.8 Å². The van der Waals surface area contributed by atoms with E-state index >= 15 is 0 Å². The van der Waals surface area contributed by atoms with Crippen LogP contribution in [0.5, 0.6) is 0 Å². The molecule has 118 valence electrons. The molecule has 0 spiro atoms. The van der Waals surface area contributed by atoms with E-state index in [1.54, 1.807) is 0 Å². The molecule has 0 amide bonds. The largest absolute Gasteiger partial charge is 0.476 e. The number of sulfonamides is 1. The zero-order chi connectivity index (χ0) is 15.5. The highest BCUT2D eigenvalue weighted by Gasteiger charge is 2.24. The van der Waals surface area contributed by atoms with E-state index in [9.17, 15) is 13.2 Å². The average molecular weight is 317 g/mol. The van der Waals surface area contributed by atoms with Crippen LogP contribution in [0.1, 0.15) is 23.3 Å². The van der Waals surface area contributed by atoms with Crippen LogP contribution in [0, 0.1) is 0 Å². The van der Waals surface area contributed by atoms with Gasteiger partial charge in [0.2, 0.25) is 10.0 Å². The minimum Gasteiger partial charge on any atom is -0.476 e. The molecule has 2 N–H and O–H groups in total. The molecule has 2 rings (SSSR count). The number of carboxylic acid groups (broad SMARTS) is 1. The SMILES string of the molecule is CS(=O)(=O)N1CCC(NCCn2cc(C(=O)O)nn2)CC1. The van der Waals surface area contributed by atoms with Gasteiger partial charge < -0.3 is 10.4 Å². The van der Waals surface area contributed by atoms with Gasteiger partial charge in [0.1, 0.15) is 0 Å². The minimum absolute atomic E-state index is 0.0727. The summed E-state index contributed by atoms with van der Waals surface area (Å²) < 4.78 is 25.7. The second-order valence-corrected chi connectivity index (χ2v) is 7.04. The normalized spacial score (nSPS) is 18.0. The molecule has 0 unspecified atom stereocenters. The summed E-state index contributed by atoms with van der Waals surface area (Å²) in [5.74, 6) is -1.10. The third kappa shape index (κ3) is 4.48. The average Bonchev–Trinajstić information content (AvgIpc) is 2.87. The van der Waals surface area contributed by atoms with Crippen LogP contribution in [0.25, 0.3) is 0 Å². The van der Waals surface area contributed by atoms with E-state index in [4.69, 9.17) is 5.11 Å². The topological polar surface area (TPSA) is 117 Å². The highest BCUT2D eigenvalue weighted by molar-refractivity contribution is 7.88. The van der Waals surface area contributed by atoms with Crippen molar-refractivity contribution in [3.05, 3.63) is 11.9 Å². The van der Waals surface area contributed by atoms with Crippen LogP contribution in [0.15, 0.2) is 6.20 Å². The van der Waals surface area contributed by atoms with Crippen molar-refractivity contribution in [1.82, 2.24) is 24.6 Å². The molecule has 1 saturated heterocycles. The van der Waals surface area contributed by atoms with Gasteiger partial charge in [-0.1, -0.05) is 5.21 Å². The van der Waals surface area contributed by atoms with Gasteiger partial charge in [-0.25, -0.2) is 17.5 Å². The van der Waals surface area contributed by atoms with Crippen molar-refractivity contribution in [3.63, 3.8) is 0 Å². The molecule has 0 bridgehead atoms. The van der Waals surface area contributed by atoms with E-state index < -0.39 is 16.0 Å². The van der Waals surface area contributed by atoms with Gasteiger partial charge in [0, 0.05) is 25.7 Å². The van der Waals surface area contributed by atoms with Crippen molar-refractivity contribution in [1.29, 1.82) is 0 Å². The maximum Gasteiger partial charge on any atom is 0.358 e. The first-order valence-electron chi connectivity index (χ1n) is 6.68. The Hall–Kier alpha value is -1.52. The summed E-state index contributed by atoms with van der Waals surface area (Å²) in [7, 11) is -3.09. The highest BCUT2D eigenvalue weighted by atomic mass is 32.2. The van der Waals surface area contributed by atoms with Crippen LogP contribution in [-0.4, -0.2) is 70.7 Å². The van der Waals surface area contributed by atoms with Crippen LogP contribution >= 0.6 is 0 Å². The molecular weight excluding hydrogens is 298 g/mol. The van der Waals surface area contributed by atoms with Crippen molar-refractivity contribution in [3.8, 4) is 0 Å². The molecule has 1 fully saturated rings. The number of carbonyl (C=O) groups is 1. The maximum atomic E-state index is 11.4. The molecule has 2 heterocycles. The van der Waals surface area contributed by atoms with Gasteiger partial charge in [-0.15, -0.1) is 5.10 Å². The van der Waals surface area contributed by atoms with Gasteiger partial charge in [-0.2, -0.15) is 0 Å². The molecule has 0 atom stereocenters. The summed E-state index contributed by atoms with van der Waals surface area (Å²) >= 11 is 0. The fourth-order valence-electron chi connectivity index (χ4n) is 2.28. The molecule has 1 aliphatic rings. The Bertz CT molecular complexity index is 592. The number of aromatic carboxylic acids is 1. The van der Waals surface area contributed by atoms with Crippen molar-refractivity contribution in [2.75, 3.05) is 25.9 Å². The summed E-state index contributed by atoms with van der Waals surface area (Å²) in [6, 6.07) is 0.269. The van der Waals surface area contributed by atoms with E-state index in [2.05, 4.69) is 15.6 Å². The number of nitrogens with zero attached hydrogens (tertiary/aromatic N) is 4. The number of piperidine rings is 1. The number of hydrogen-bond donors (Lipinski definition) is 2. The Balaban J connectivity index is 1.71. The number of nitrogens with one attached hydrogen (secondary N) is 1. The van der Waals surface area contributed by atoms with Crippen molar-refractivity contribution in [2.24, 2.45) is 0 Å². The van der Waals surface area contributed by atoms with E-state index in [1.807, 2.05) is 0 Å². The van der Waals surface area contributed by atoms with Gasteiger partial charge in [0.15, 0.2) is 5.69 Å². The lowest BCUT2D eigenvalue weighted by atomic mass is 10.1. The third-order valence-electron chi connectivity index (χ3n) is 3.45. The first-order chi connectivity index (χ1) is 9.86. The maximum absolute atomic E-state index is 11.4. The van der Waals surface area contributed by atoms with Gasteiger partial charge >= 0.3 is 5.97 Å². The Morgan fingerprint density at radius 1 is 1.48 bits per heavy atom. The molecule has 1 aromatic heterocycles. The Morgan fingerprint density at radius 3 is 2.67 bits per heavy atom. The molecule has 9 nitrogen and oxygen atoms in total. The van der Waals surface area contributed by atoms with Crippen LogP contribution < -0.4 is 5.32 Å². The zero-order valence-corrected chi connectivity index (χ0v) is 12.6. The van der Waals surface area contributed by atoms with Crippen LogP contribution in [0.4, 0.5) is 0 Å². The van der Waals surface area contributed by atoms with Crippen molar-refractivity contribution >= 4 is 16.0 Å². The van der Waals surface area contributed by atoms with Crippen LogP contribution in [0.2, 0.25) is 0 Å². The fraction of sp³-hybridized carbons (Fsp3) is 0.727. The second kappa shape index (κ2) is 6.50. The molecule has 1 aliphatic heterocycles. The fourth-order valence-corrected chi connectivity index (χ4v) is 3.15. The lowest BCUT2D eigenvalue weighted by Crippen LogP contribution is -2.45. The van der Waals surface area contributed by atoms with Crippen LogP contribution in [-0.2, 0) is 16.6 Å². The summed E-state index contributed by atoms with van der Waals surface area (Å²) in [5, 5.41) is 19.3. The number of rotatable bonds is 6. The van der Waals surface area contributed by atoms with Crippen molar-refractivity contribution < 1.29 is 18.3 Å². The van der Waals surface area contributed by atoms with Crippen molar-refractivity contribution in [2.45, 2.75) is 25.4 Å². The highest BCUT2D eigenvalue weighted by Crippen LogP contribution is 2.12. The lowest BCUT2D eigenvalue weighted by Gasteiger charge is -2.30. The van der Waals surface area contributed by atoms with Gasteiger partial charge in [0.25, 0.3) is 0 Å². The quantitative estimate of drug-likeness (QED) is 0.690. The minimum atomic E-state index is -3.09. The molecule has 0 aromatic carbocycles. The predicted molar refractivity (Wildman–Crippen MR) is 74.4 cm³/mol. The molecule has 21 heavy (non-hydrogen) atoms. The zero-order valence-electron chi connectivity index (χ0n) is 11.8. The Kier molecular flexibility index (Phi) is 4.91. The molecular formula is C11H19N5O4S. The standard InChI is InChI=1S/C11H19N5O4S/c1-21(19,20)16-5-2-9(3-6-16)12-4-7-15-8-10(11(17)18)13-14-15/h8-9,12H,2-7H2,1H3,(H,17,18). The van der Waals surface area contributed by atoms with E-state index in [0.29, 0.717) is 26.2 Å². The van der Waals surface area contributed by atoms with E-state index in [1.165, 1.54) is 21.4 Å². The van der Waals surface area contributed by atoms with Crippen LogP contribution in [0.3, 0.4) is 0 Å². The Morgan fingerprint density at radius 2 is 2.14 bits per heavy atom. The summed E-state index contributed by atoms with van der Waals surface area (Å²) in [6.45, 7) is 2.21. The summed E-state index contributed by atoms with van der Waals surface area (Å²) in [6.07, 6.45) is 4.15. The van der Waals surface area contributed by atoms with Gasteiger partial charge in [-0.3, -0.25) is 4.68 Å². The second-order valence-electron chi connectivity index (χ2n) is 5.06. The molecule has 0 radical (unpaired) electrons. The predicted octanol–water partition coefficient (Wildman–Crippen LogP) is -1.01. The first-order valence-corrected chi connectivity index (χ1v) is 8.53. The van der Waals surface area contributed by atoms with E-state index in [-0.39, 0.29) is 11.7 Å². The Labute approximate surface area is 123 Å². The lowest BCUT2D eigenvalue weighted by molar-refractivity contribution is 0.0690. The summed E-state index contributed by atoms with van der Waals surface area (Å²) in [4.78, 5) is 10.7. The summed E-state index contributed by atoms with van der Waals surface area (Å²) in [5.41, 5.74) is -0.0727. The monoisotopic (exact) mass is 317 g/mol. The number of aromatic nitrogens is 3. The first kappa shape index (κ1) is 15.9. The molecule has 1 aromatic rings. The number of carboxylic acids is 1. The molecule has 0 aliphatic carbocycles. The molecule has 0 saturated carbocycles. The smallest absolute Gasteiger partial charge is 0.358 e. The molecule has 10 heteroatoms.